The fourth-order valence-corrected chi connectivity index (χ4v) is 5.23. The summed E-state index contributed by atoms with van der Waals surface area (Å²) in [5.41, 5.74) is 5.95. The average Bonchev–Trinajstić information content (AvgIpc) is 2.30. The van der Waals surface area contributed by atoms with Gasteiger partial charge in [0.2, 0.25) is 10.0 Å². The maximum absolute atomic E-state index is 12.5. The van der Waals surface area contributed by atoms with Gasteiger partial charge in [-0.2, -0.15) is 0 Å². The molecule has 4 nitrogen and oxygen atoms in total. The third-order valence-corrected chi connectivity index (χ3v) is 6.16. The minimum atomic E-state index is -3.74. The number of halogens is 2. The molecule has 0 spiro atoms. The molecule has 118 valence electrons. The van der Waals surface area contributed by atoms with Crippen LogP contribution in [0.25, 0.3) is 0 Å². The second kappa shape index (κ2) is 7.18. The van der Waals surface area contributed by atoms with E-state index in [9.17, 15) is 8.42 Å². The van der Waals surface area contributed by atoms with Crippen molar-refractivity contribution in [3.05, 3.63) is 22.2 Å². The minimum absolute atomic E-state index is 0.0540. The van der Waals surface area contributed by atoms with Crippen molar-refractivity contribution in [2.45, 2.75) is 55.9 Å². The number of benzene rings is 1. The van der Waals surface area contributed by atoms with Crippen LogP contribution in [0, 0.1) is 0 Å². The molecule has 3 N–H and O–H groups in total. The van der Waals surface area contributed by atoms with E-state index in [1.807, 2.05) is 0 Å². The van der Waals surface area contributed by atoms with Gasteiger partial charge in [0, 0.05) is 11.7 Å². The molecule has 0 saturated heterocycles. The molecule has 1 fully saturated rings. The van der Waals surface area contributed by atoms with Gasteiger partial charge in [-0.25, -0.2) is 13.1 Å². The second-order valence-electron chi connectivity index (χ2n) is 5.48. The third kappa shape index (κ3) is 4.49. The fourth-order valence-electron chi connectivity index (χ4n) is 2.69. The van der Waals surface area contributed by atoms with Crippen molar-refractivity contribution in [1.29, 1.82) is 0 Å². The topological polar surface area (TPSA) is 72.2 Å². The molecule has 1 aromatic rings. The van der Waals surface area contributed by atoms with Crippen LogP contribution in [0.3, 0.4) is 0 Å². The SMILES string of the molecule is Nc1cc(Cl)c(S(=O)(=O)NC2CCCCCCC2)c(Cl)c1. The van der Waals surface area contributed by atoms with Gasteiger partial charge < -0.3 is 5.73 Å². The van der Waals surface area contributed by atoms with Gasteiger partial charge in [0.05, 0.1) is 10.0 Å². The van der Waals surface area contributed by atoms with Gasteiger partial charge in [0.15, 0.2) is 0 Å². The zero-order chi connectivity index (χ0) is 15.5. The summed E-state index contributed by atoms with van der Waals surface area (Å²) in [7, 11) is -3.74. The summed E-state index contributed by atoms with van der Waals surface area (Å²) < 4.78 is 27.8. The first-order valence-electron chi connectivity index (χ1n) is 7.17. The Morgan fingerprint density at radius 1 is 1.00 bits per heavy atom. The molecular weight excluding hydrogens is 331 g/mol. The van der Waals surface area contributed by atoms with Gasteiger partial charge in [0.25, 0.3) is 0 Å². The Labute approximate surface area is 136 Å². The lowest BCUT2D eigenvalue weighted by Gasteiger charge is -2.21. The first-order chi connectivity index (χ1) is 9.90. The van der Waals surface area contributed by atoms with E-state index in [4.69, 9.17) is 28.9 Å². The number of hydrogen-bond acceptors (Lipinski definition) is 3. The highest BCUT2D eigenvalue weighted by molar-refractivity contribution is 7.89. The summed E-state index contributed by atoms with van der Waals surface area (Å²) in [5, 5.41) is 0.108. The van der Waals surface area contributed by atoms with Gasteiger partial charge in [-0.15, -0.1) is 0 Å². The zero-order valence-corrected chi connectivity index (χ0v) is 14.1. The van der Waals surface area contributed by atoms with Crippen molar-refractivity contribution in [2.75, 3.05) is 5.73 Å². The summed E-state index contributed by atoms with van der Waals surface area (Å²) in [6, 6.07) is 2.75. The van der Waals surface area contributed by atoms with E-state index in [2.05, 4.69) is 4.72 Å². The molecule has 1 aliphatic carbocycles. The lowest BCUT2D eigenvalue weighted by atomic mass is 9.97. The standard InChI is InChI=1S/C14H20Cl2N2O2S/c15-12-8-10(17)9-13(16)14(12)21(19,20)18-11-6-4-2-1-3-5-7-11/h8-9,11,18H,1-7,17H2. The van der Waals surface area contributed by atoms with Gasteiger partial charge in [-0.3, -0.25) is 0 Å². The quantitative estimate of drug-likeness (QED) is 0.810. The van der Waals surface area contributed by atoms with Crippen molar-refractivity contribution in [2.24, 2.45) is 0 Å². The average molecular weight is 351 g/mol. The molecular formula is C14H20Cl2N2O2S. The van der Waals surface area contributed by atoms with Gasteiger partial charge in [-0.1, -0.05) is 55.3 Å². The van der Waals surface area contributed by atoms with E-state index in [-0.39, 0.29) is 21.0 Å². The maximum atomic E-state index is 12.5. The second-order valence-corrected chi connectivity index (χ2v) is 7.94. The first kappa shape index (κ1) is 16.9. The molecule has 7 heteroatoms. The van der Waals surface area contributed by atoms with E-state index in [1.54, 1.807) is 0 Å². The molecule has 0 aromatic heterocycles. The van der Waals surface area contributed by atoms with Crippen molar-refractivity contribution in [1.82, 2.24) is 4.72 Å². The largest absolute Gasteiger partial charge is 0.399 e. The number of sulfonamides is 1. The lowest BCUT2D eigenvalue weighted by molar-refractivity contribution is 0.426. The monoisotopic (exact) mass is 350 g/mol. The van der Waals surface area contributed by atoms with Gasteiger partial charge >= 0.3 is 0 Å². The molecule has 1 saturated carbocycles. The smallest absolute Gasteiger partial charge is 0.243 e. The molecule has 2 rings (SSSR count). The van der Waals surface area contributed by atoms with E-state index in [1.165, 1.54) is 18.6 Å². The number of rotatable bonds is 3. The highest BCUT2D eigenvalue weighted by atomic mass is 35.5. The van der Waals surface area contributed by atoms with E-state index >= 15 is 0 Å². The Balaban J connectivity index is 2.21. The predicted molar refractivity (Wildman–Crippen MR) is 87.3 cm³/mol. The van der Waals surface area contributed by atoms with Crippen molar-refractivity contribution in [3.63, 3.8) is 0 Å². The highest BCUT2D eigenvalue weighted by Gasteiger charge is 2.25. The summed E-state index contributed by atoms with van der Waals surface area (Å²) in [6.07, 6.45) is 7.32. The molecule has 21 heavy (non-hydrogen) atoms. The summed E-state index contributed by atoms with van der Waals surface area (Å²) >= 11 is 12.0. The van der Waals surface area contributed by atoms with E-state index < -0.39 is 10.0 Å². The fraction of sp³-hybridized carbons (Fsp3) is 0.571. The summed E-state index contributed by atoms with van der Waals surface area (Å²) in [6.45, 7) is 0. The van der Waals surface area contributed by atoms with Crippen LogP contribution >= 0.6 is 23.2 Å². The molecule has 0 unspecified atom stereocenters. The first-order valence-corrected chi connectivity index (χ1v) is 9.41. The Hall–Kier alpha value is -0.490. The molecule has 0 heterocycles. The maximum Gasteiger partial charge on any atom is 0.243 e. The predicted octanol–water partition coefficient (Wildman–Crippen LogP) is 3.97. The number of anilines is 1. The molecule has 0 bridgehead atoms. The van der Waals surface area contributed by atoms with E-state index in [0.717, 1.165) is 38.5 Å². The Bertz CT molecular complexity index is 574. The van der Waals surface area contributed by atoms with Crippen LogP contribution in [0.15, 0.2) is 17.0 Å². The van der Waals surface area contributed by atoms with Crippen molar-refractivity contribution in [3.8, 4) is 0 Å². The van der Waals surface area contributed by atoms with Crippen LogP contribution in [0.4, 0.5) is 5.69 Å². The molecule has 0 aliphatic heterocycles. The third-order valence-electron chi connectivity index (χ3n) is 3.72. The van der Waals surface area contributed by atoms with Gasteiger partial charge in [0.1, 0.15) is 4.90 Å². The molecule has 0 radical (unpaired) electrons. The Morgan fingerprint density at radius 3 is 2.00 bits per heavy atom. The van der Waals surface area contributed by atoms with Crippen LogP contribution in [-0.4, -0.2) is 14.5 Å². The normalized spacial score (nSPS) is 18.2. The van der Waals surface area contributed by atoms with Crippen LogP contribution < -0.4 is 10.5 Å². The van der Waals surface area contributed by atoms with Crippen molar-refractivity contribution < 1.29 is 8.42 Å². The van der Waals surface area contributed by atoms with Crippen LogP contribution in [0.2, 0.25) is 10.0 Å². The highest BCUT2D eigenvalue weighted by Crippen LogP contribution is 2.32. The van der Waals surface area contributed by atoms with Crippen molar-refractivity contribution >= 4 is 38.9 Å². The molecule has 1 aromatic carbocycles. The number of nitrogen functional groups attached to an aromatic ring is 1. The number of hydrogen-bond donors (Lipinski definition) is 2. The van der Waals surface area contributed by atoms with Crippen LogP contribution in [0.5, 0.6) is 0 Å². The lowest BCUT2D eigenvalue weighted by Crippen LogP contribution is -2.35. The Kier molecular flexibility index (Phi) is 5.77. The molecule has 1 aliphatic rings. The zero-order valence-electron chi connectivity index (χ0n) is 11.7. The number of nitrogens with one attached hydrogen (secondary N) is 1. The van der Waals surface area contributed by atoms with E-state index in [0.29, 0.717) is 5.69 Å². The summed E-state index contributed by atoms with van der Waals surface area (Å²) in [5.74, 6) is 0. The molecule has 0 amide bonds. The minimum Gasteiger partial charge on any atom is -0.399 e. The molecule has 0 atom stereocenters. The van der Waals surface area contributed by atoms with Gasteiger partial charge in [-0.05, 0) is 25.0 Å². The number of nitrogens with two attached hydrogens (primary N) is 1. The summed E-state index contributed by atoms with van der Waals surface area (Å²) in [4.78, 5) is -0.0814. The van der Waals surface area contributed by atoms with Crippen LogP contribution in [-0.2, 0) is 10.0 Å². The Morgan fingerprint density at radius 2 is 1.48 bits per heavy atom. The van der Waals surface area contributed by atoms with Crippen LogP contribution in [0.1, 0.15) is 44.9 Å².